The Morgan fingerprint density at radius 1 is 1.47 bits per heavy atom. The van der Waals surface area contributed by atoms with E-state index in [0.717, 1.165) is 25.9 Å². The van der Waals surface area contributed by atoms with Crippen molar-refractivity contribution < 1.29 is 9.53 Å². The molecule has 0 bridgehead atoms. The van der Waals surface area contributed by atoms with Crippen LogP contribution in [0.4, 0.5) is 11.5 Å². The monoisotopic (exact) mass is 265 g/mol. The fraction of sp³-hybridized carbons (Fsp3) is 0.583. The quantitative estimate of drug-likeness (QED) is 0.803. The summed E-state index contributed by atoms with van der Waals surface area (Å²) in [5.74, 6) is 1.22. The number of carbonyl (C=O) groups is 1. The lowest BCUT2D eigenvalue weighted by Gasteiger charge is -2.32. The van der Waals surface area contributed by atoms with Crippen molar-refractivity contribution in [1.82, 2.24) is 9.97 Å². The van der Waals surface area contributed by atoms with Crippen molar-refractivity contribution >= 4 is 17.4 Å². The molecule has 7 nitrogen and oxygen atoms in total. The highest BCUT2D eigenvalue weighted by atomic mass is 16.5. The molecule has 0 saturated carbocycles. The fourth-order valence-electron chi connectivity index (χ4n) is 2.42. The lowest BCUT2D eigenvalue weighted by Crippen LogP contribution is -2.36. The highest BCUT2D eigenvalue weighted by Crippen LogP contribution is 2.31. The number of hydrogen-bond donors (Lipinski definition) is 2. The Morgan fingerprint density at radius 3 is 2.74 bits per heavy atom. The van der Waals surface area contributed by atoms with E-state index in [4.69, 9.17) is 16.2 Å². The first-order valence-corrected chi connectivity index (χ1v) is 6.29. The van der Waals surface area contributed by atoms with Gasteiger partial charge in [-0.25, -0.2) is 4.98 Å². The molecule has 1 amide bonds. The van der Waals surface area contributed by atoms with Crippen LogP contribution < -0.4 is 21.1 Å². The molecular weight excluding hydrogens is 246 g/mol. The van der Waals surface area contributed by atoms with Crippen molar-refractivity contribution in [2.75, 3.05) is 30.8 Å². The second-order valence-corrected chi connectivity index (χ2v) is 4.72. The van der Waals surface area contributed by atoms with E-state index < -0.39 is 0 Å². The van der Waals surface area contributed by atoms with Gasteiger partial charge in [-0.2, -0.15) is 4.98 Å². The summed E-state index contributed by atoms with van der Waals surface area (Å²) in [4.78, 5) is 21.2. The van der Waals surface area contributed by atoms with E-state index in [1.54, 1.807) is 0 Å². The minimum absolute atomic E-state index is 0.235. The highest BCUT2D eigenvalue weighted by Gasteiger charge is 2.23. The van der Waals surface area contributed by atoms with Gasteiger partial charge in [0, 0.05) is 19.5 Å². The Bertz CT molecular complexity index is 457. The molecule has 0 aromatic carbocycles. The van der Waals surface area contributed by atoms with E-state index in [1.165, 1.54) is 13.4 Å². The zero-order chi connectivity index (χ0) is 13.8. The van der Waals surface area contributed by atoms with E-state index in [9.17, 15) is 4.79 Å². The number of anilines is 2. The summed E-state index contributed by atoms with van der Waals surface area (Å²) >= 11 is 0. The molecule has 0 radical (unpaired) electrons. The third kappa shape index (κ3) is 3.04. The third-order valence-electron chi connectivity index (χ3n) is 3.42. The van der Waals surface area contributed by atoms with Crippen LogP contribution in [0.3, 0.4) is 0 Å². The number of methoxy groups -OCH3 is 1. The number of amides is 1. The molecule has 4 N–H and O–H groups in total. The van der Waals surface area contributed by atoms with E-state index in [-0.39, 0.29) is 5.91 Å². The smallest absolute Gasteiger partial charge is 0.242 e. The van der Waals surface area contributed by atoms with E-state index >= 15 is 0 Å². The molecule has 0 atom stereocenters. The number of rotatable bonds is 4. The Kier molecular flexibility index (Phi) is 4.03. The Hall–Kier alpha value is -2.05. The molecule has 2 heterocycles. The normalized spacial score (nSPS) is 16.4. The van der Waals surface area contributed by atoms with Gasteiger partial charge in [0.2, 0.25) is 11.8 Å². The number of aromatic nitrogens is 2. The van der Waals surface area contributed by atoms with Crippen LogP contribution in [0.1, 0.15) is 19.3 Å². The maximum atomic E-state index is 10.9. The summed E-state index contributed by atoms with van der Waals surface area (Å²) in [7, 11) is 1.53. The minimum atomic E-state index is -0.235. The predicted octanol–water partition coefficient (Wildman–Crippen LogP) is 0.159. The molecule has 1 aliphatic rings. The molecule has 1 fully saturated rings. The summed E-state index contributed by atoms with van der Waals surface area (Å²) in [5.41, 5.74) is 11.7. The molecule has 1 aromatic rings. The van der Waals surface area contributed by atoms with Crippen LogP contribution in [0.25, 0.3) is 0 Å². The lowest BCUT2D eigenvalue weighted by atomic mass is 9.93. The van der Waals surface area contributed by atoms with Crippen LogP contribution in [0.2, 0.25) is 0 Å². The number of hydrogen-bond acceptors (Lipinski definition) is 6. The molecule has 0 unspecified atom stereocenters. The van der Waals surface area contributed by atoms with Crippen LogP contribution in [-0.2, 0) is 4.79 Å². The zero-order valence-corrected chi connectivity index (χ0v) is 11.0. The first-order chi connectivity index (χ1) is 9.11. The number of carbonyl (C=O) groups excluding carboxylic acids is 1. The van der Waals surface area contributed by atoms with Gasteiger partial charge in [0.05, 0.1) is 7.11 Å². The lowest BCUT2D eigenvalue weighted by molar-refractivity contribution is -0.119. The van der Waals surface area contributed by atoms with Crippen molar-refractivity contribution in [3.63, 3.8) is 0 Å². The largest absolute Gasteiger partial charge is 0.479 e. The zero-order valence-electron chi connectivity index (χ0n) is 11.0. The van der Waals surface area contributed by atoms with Crippen molar-refractivity contribution in [3.05, 3.63) is 6.33 Å². The fourth-order valence-corrected chi connectivity index (χ4v) is 2.42. The number of nitrogens with two attached hydrogens (primary N) is 2. The van der Waals surface area contributed by atoms with Crippen LogP contribution in [0.5, 0.6) is 5.88 Å². The van der Waals surface area contributed by atoms with Crippen LogP contribution in [-0.4, -0.2) is 36.1 Å². The molecule has 1 aliphatic heterocycles. The standard InChI is InChI=1S/C12H19N5O2/c1-19-12-10(14)11(15-7-16-12)17-4-2-8(3-5-17)6-9(13)18/h7-8H,2-6,14H2,1H3,(H2,13,18). The molecule has 2 rings (SSSR count). The maximum absolute atomic E-state index is 10.9. The number of ether oxygens (including phenoxy) is 1. The minimum Gasteiger partial charge on any atom is -0.479 e. The molecular formula is C12H19N5O2. The molecule has 1 aromatic heterocycles. The summed E-state index contributed by atoms with van der Waals surface area (Å²) in [6.07, 6.45) is 3.72. The van der Waals surface area contributed by atoms with Gasteiger partial charge in [-0.3, -0.25) is 4.79 Å². The second-order valence-electron chi connectivity index (χ2n) is 4.72. The highest BCUT2D eigenvalue weighted by molar-refractivity contribution is 5.74. The second kappa shape index (κ2) is 5.73. The SMILES string of the molecule is COc1ncnc(N2CCC(CC(N)=O)CC2)c1N. The van der Waals surface area contributed by atoms with Crippen molar-refractivity contribution in [1.29, 1.82) is 0 Å². The molecule has 104 valence electrons. The van der Waals surface area contributed by atoms with Crippen LogP contribution >= 0.6 is 0 Å². The van der Waals surface area contributed by atoms with E-state index in [1.807, 2.05) is 0 Å². The summed E-state index contributed by atoms with van der Waals surface area (Å²) in [6, 6.07) is 0. The topological polar surface area (TPSA) is 107 Å². The molecule has 0 spiro atoms. The Balaban J connectivity index is 2.03. The van der Waals surface area contributed by atoms with Crippen LogP contribution in [0.15, 0.2) is 6.33 Å². The first kappa shape index (κ1) is 13.4. The van der Waals surface area contributed by atoms with Crippen molar-refractivity contribution in [3.8, 4) is 5.88 Å². The number of piperidine rings is 1. The number of primary amides is 1. The van der Waals surface area contributed by atoms with Gasteiger partial charge in [0.1, 0.15) is 12.0 Å². The third-order valence-corrected chi connectivity index (χ3v) is 3.42. The van der Waals surface area contributed by atoms with Crippen molar-refractivity contribution in [2.24, 2.45) is 11.7 Å². The summed E-state index contributed by atoms with van der Waals surface area (Å²) < 4.78 is 5.09. The Labute approximate surface area is 111 Å². The van der Waals surface area contributed by atoms with E-state index in [2.05, 4.69) is 14.9 Å². The molecule has 7 heteroatoms. The van der Waals surface area contributed by atoms with Gasteiger partial charge in [-0.1, -0.05) is 0 Å². The van der Waals surface area contributed by atoms with Gasteiger partial charge in [0.25, 0.3) is 0 Å². The van der Waals surface area contributed by atoms with Gasteiger partial charge < -0.3 is 21.1 Å². The van der Waals surface area contributed by atoms with Gasteiger partial charge in [0.15, 0.2) is 5.82 Å². The average Bonchev–Trinajstić information content (AvgIpc) is 2.39. The molecule has 1 saturated heterocycles. The number of nitrogen functional groups attached to an aromatic ring is 1. The van der Waals surface area contributed by atoms with Crippen molar-refractivity contribution in [2.45, 2.75) is 19.3 Å². The van der Waals surface area contributed by atoms with Gasteiger partial charge >= 0.3 is 0 Å². The first-order valence-electron chi connectivity index (χ1n) is 6.29. The van der Waals surface area contributed by atoms with Crippen LogP contribution in [0, 0.1) is 5.92 Å². The summed E-state index contributed by atoms with van der Waals surface area (Å²) in [5, 5.41) is 0. The van der Waals surface area contributed by atoms with Gasteiger partial charge in [-0.15, -0.1) is 0 Å². The van der Waals surface area contributed by atoms with Gasteiger partial charge in [-0.05, 0) is 18.8 Å². The summed E-state index contributed by atoms with van der Waals surface area (Å²) in [6.45, 7) is 1.62. The molecule has 19 heavy (non-hydrogen) atoms. The Morgan fingerprint density at radius 2 is 2.16 bits per heavy atom. The molecule has 0 aliphatic carbocycles. The maximum Gasteiger partial charge on any atom is 0.242 e. The average molecular weight is 265 g/mol. The predicted molar refractivity (Wildman–Crippen MR) is 71.7 cm³/mol. The number of nitrogens with zero attached hydrogens (tertiary/aromatic N) is 3. The van der Waals surface area contributed by atoms with E-state index in [0.29, 0.717) is 29.7 Å².